The Kier molecular flexibility index (Phi) is 3.18. The molecule has 3 N–H and O–H groups in total. The van der Waals surface area contributed by atoms with Crippen LogP contribution < -0.4 is 5.73 Å². The van der Waals surface area contributed by atoms with Crippen molar-refractivity contribution in [2.24, 2.45) is 5.73 Å². The van der Waals surface area contributed by atoms with E-state index in [-0.39, 0.29) is 18.7 Å². The number of aromatic nitrogens is 2. The first-order valence-corrected chi connectivity index (χ1v) is 4.15. The molecule has 0 aliphatic heterocycles. The van der Waals surface area contributed by atoms with Gasteiger partial charge in [0.1, 0.15) is 0 Å². The highest BCUT2D eigenvalue weighted by molar-refractivity contribution is 5.91. The summed E-state index contributed by atoms with van der Waals surface area (Å²) in [5.74, 6) is -2.54. The predicted octanol–water partition coefficient (Wildman–Crippen LogP) is -0.635. The highest BCUT2D eigenvalue weighted by atomic mass is 16.6. The van der Waals surface area contributed by atoms with Gasteiger partial charge in [-0.25, -0.2) is 0 Å². The van der Waals surface area contributed by atoms with Gasteiger partial charge in [0.05, 0.1) is 24.1 Å². The number of aliphatic carboxylic acids is 1. The number of carbonyl (C=O) groups excluding carboxylic acids is 1. The van der Waals surface area contributed by atoms with Crippen LogP contribution in [0.2, 0.25) is 0 Å². The zero-order valence-corrected chi connectivity index (χ0v) is 7.99. The largest absolute Gasteiger partial charge is 0.481 e. The van der Waals surface area contributed by atoms with Crippen molar-refractivity contribution in [3.63, 3.8) is 0 Å². The average Bonchev–Trinajstić information content (AvgIpc) is 2.58. The minimum Gasteiger partial charge on any atom is -0.481 e. The Balaban J connectivity index is 3.00. The third-order valence-electron chi connectivity index (χ3n) is 1.74. The third kappa shape index (κ3) is 2.53. The van der Waals surface area contributed by atoms with Crippen LogP contribution in [0.4, 0.5) is 5.82 Å². The van der Waals surface area contributed by atoms with Gasteiger partial charge in [-0.2, -0.15) is 4.68 Å². The second-order valence-corrected chi connectivity index (χ2v) is 2.88. The van der Waals surface area contributed by atoms with Crippen LogP contribution in [0, 0.1) is 10.1 Å². The van der Waals surface area contributed by atoms with Crippen LogP contribution in [0.3, 0.4) is 0 Å². The number of hydrogen-bond donors (Lipinski definition) is 2. The second-order valence-electron chi connectivity index (χ2n) is 2.88. The Morgan fingerprint density at radius 3 is 2.69 bits per heavy atom. The number of nitrogens with two attached hydrogens (primary N) is 1. The number of rotatable bonds is 5. The number of hydrogen-bond acceptors (Lipinski definition) is 5. The summed E-state index contributed by atoms with van der Waals surface area (Å²) in [6.45, 7) is -0.151. The van der Waals surface area contributed by atoms with Crippen molar-refractivity contribution in [3.8, 4) is 0 Å². The van der Waals surface area contributed by atoms with Crippen LogP contribution in [-0.4, -0.2) is 31.7 Å². The number of amides is 1. The molecule has 1 aromatic rings. The van der Waals surface area contributed by atoms with Crippen molar-refractivity contribution in [2.45, 2.75) is 13.0 Å². The molecule has 0 saturated heterocycles. The molecule has 9 nitrogen and oxygen atoms in total. The number of carboxylic acid groups (broad SMARTS) is 1. The quantitative estimate of drug-likeness (QED) is 0.507. The number of aryl methyl sites for hydroxylation is 1. The molecule has 0 spiro atoms. The molecule has 0 bridgehead atoms. The molecule has 1 aromatic heterocycles. The van der Waals surface area contributed by atoms with Crippen molar-refractivity contribution in [1.82, 2.24) is 9.78 Å². The topological polar surface area (TPSA) is 141 Å². The van der Waals surface area contributed by atoms with Crippen LogP contribution in [0.25, 0.3) is 0 Å². The maximum atomic E-state index is 10.9. The second kappa shape index (κ2) is 4.38. The maximum Gasteiger partial charge on any atom is 0.390 e. The molecule has 1 rings (SSSR count). The smallest absolute Gasteiger partial charge is 0.390 e. The molecule has 0 fully saturated rings. The average molecular weight is 228 g/mol. The van der Waals surface area contributed by atoms with Crippen LogP contribution in [0.1, 0.15) is 16.9 Å². The van der Waals surface area contributed by atoms with Gasteiger partial charge in [0.15, 0.2) is 5.69 Å². The maximum absolute atomic E-state index is 10.9. The Labute approximate surface area is 88.6 Å². The normalized spacial score (nSPS) is 10.0. The van der Waals surface area contributed by atoms with E-state index in [1.807, 2.05) is 0 Å². The molecule has 0 aliphatic rings. The van der Waals surface area contributed by atoms with E-state index in [0.717, 1.165) is 10.7 Å². The summed E-state index contributed by atoms with van der Waals surface area (Å²) < 4.78 is 0.911. The highest BCUT2D eigenvalue weighted by Gasteiger charge is 2.21. The van der Waals surface area contributed by atoms with Crippen LogP contribution in [0.15, 0.2) is 6.07 Å². The van der Waals surface area contributed by atoms with E-state index in [0.29, 0.717) is 0 Å². The molecular formula is C7H8N4O5. The minimum absolute atomic E-state index is 0.151. The molecule has 0 atom stereocenters. The van der Waals surface area contributed by atoms with Gasteiger partial charge in [-0.05, 0) is 4.92 Å². The lowest BCUT2D eigenvalue weighted by Gasteiger charge is -1.96. The van der Waals surface area contributed by atoms with Gasteiger partial charge in [-0.15, -0.1) is 0 Å². The molecule has 16 heavy (non-hydrogen) atoms. The third-order valence-corrected chi connectivity index (χ3v) is 1.74. The van der Waals surface area contributed by atoms with Crippen LogP contribution in [-0.2, 0) is 11.3 Å². The van der Waals surface area contributed by atoms with E-state index in [9.17, 15) is 19.7 Å². The summed E-state index contributed by atoms with van der Waals surface area (Å²) in [7, 11) is 0. The summed E-state index contributed by atoms with van der Waals surface area (Å²) in [6, 6.07) is 0.907. The summed E-state index contributed by atoms with van der Waals surface area (Å²) in [4.78, 5) is 30.8. The monoisotopic (exact) mass is 228 g/mol. The van der Waals surface area contributed by atoms with Crippen molar-refractivity contribution in [3.05, 3.63) is 21.9 Å². The van der Waals surface area contributed by atoms with Gasteiger partial charge in [-0.3, -0.25) is 9.59 Å². The first kappa shape index (κ1) is 11.6. The fourth-order valence-corrected chi connectivity index (χ4v) is 1.06. The molecule has 1 amide bonds. The lowest BCUT2D eigenvalue weighted by atomic mass is 10.3. The van der Waals surface area contributed by atoms with Gasteiger partial charge >= 0.3 is 11.8 Å². The highest BCUT2D eigenvalue weighted by Crippen LogP contribution is 2.11. The Morgan fingerprint density at radius 1 is 1.62 bits per heavy atom. The fourth-order valence-electron chi connectivity index (χ4n) is 1.06. The summed E-state index contributed by atoms with van der Waals surface area (Å²) in [6.07, 6.45) is -0.306. The first-order valence-electron chi connectivity index (χ1n) is 4.15. The fraction of sp³-hybridized carbons (Fsp3) is 0.286. The van der Waals surface area contributed by atoms with E-state index >= 15 is 0 Å². The zero-order valence-electron chi connectivity index (χ0n) is 7.99. The minimum atomic E-state index is -1.10. The van der Waals surface area contributed by atoms with Crippen molar-refractivity contribution in [1.29, 1.82) is 0 Å². The lowest BCUT2D eigenvalue weighted by Crippen LogP contribution is -2.18. The molecular weight excluding hydrogens is 220 g/mol. The number of nitro groups is 1. The van der Waals surface area contributed by atoms with Gasteiger partial charge < -0.3 is 21.0 Å². The lowest BCUT2D eigenvalue weighted by molar-refractivity contribution is -0.389. The molecule has 0 aromatic carbocycles. The number of carboxylic acids is 1. The molecule has 0 saturated carbocycles. The molecule has 9 heteroatoms. The molecule has 0 aliphatic carbocycles. The van der Waals surface area contributed by atoms with E-state index in [4.69, 9.17) is 10.8 Å². The standard InChI is InChI=1S/C7H8N4O5/c8-7(14)4-3-5(11(15)16)9-10(4)2-1-6(12)13/h3H,1-2H2,(H2,8,14)(H,12,13). The molecule has 1 heterocycles. The van der Waals surface area contributed by atoms with Crippen molar-refractivity contribution < 1.29 is 19.6 Å². The molecule has 86 valence electrons. The van der Waals surface area contributed by atoms with E-state index in [2.05, 4.69) is 5.10 Å². The molecule has 0 unspecified atom stereocenters. The van der Waals surface area contributed by atoms with Gasteiger partial charge in [0, 0.05) is 0 Å². The Hall–Kier alpha value is -2.45. The predicted molar refractivity (Wildman–Crippen MR) is 49.7 cm³/mol. The SMILES string of the molecule is NC(=O)c1cc([N+](=O)[O-])nn1CCC(=O)O. The van der Waals surface area contributed by atoms with Gasteiger partial charge in [0.25, 0.3) is 5.91 Å². The first-order chi connectivity index (χ1) is 7.41. The Bertz CT molecular complexity index is 452. The molecule has 0 radical (unpaired) electrons. The van der Waals surface area contributed by atoms with E-state index in [1.54, 1.807) is 0 Å². The van der Waals surface area contributed by atoms with Gasteiger partial charge in [-0.1, -0.05) is 0 Å². The van der Waals surface area contributed by atoms with Crippen molar-refractivity contribution >= 4 is 17.7 Å². The van der Waals surface area contributed by atoms with Crippen molar-refractivity contribution in [2.75, 3.05) is 0 Å². The Morgan fingerprint density at radius 2 is 2.25 bits per heavy atom. The number of primary amides is 1. The van der Waals surface area contributed by atoms with Crippen LogP contribution in [0.5, 0.6) is 0 Å². The van der Waals surface area contributed by atoms with Gasteiger partial charge in [0.2, 0.25) is 0 Å². The van der Waals surface area contributed by atoms with E-state index in [1.165, 1.54) is 0 Å². The number of carbonyl (C=O) groups is 2. The van der Waals surface area contributed by atoms with Crippen LogP contribution >= 0.6 is 0 Å². The van der Waals surface area contributed by atoms with E-state index < -0.39 is 22.6 Å². The summed E-state index contributed by atoms with van der Waals surface area (Å²) in [5.41, 5.74) is 4.78. The summed E-state index contributed by atoms with van der Waals surface area (Å²) >= 11 is 0. The zero-order chi connectivity index (χ0) is 12.3. The number of nitrogens with zero attached hydrogens (tertiary/aromatic N) is 3. The summed E-state index contributed by atoms with van der Waals surface area (Å²) in [5, 5.41) is 22.3.